The molecular weight excluding hydrogens is 335 g/mol. The van der Waals surface area contributed by atoms with Crippen LogP contribution in [-0.4, -0.2) is 25.3 Å². The minimum atomic E-state index is -4.40. The summed E-state index contributed by atoms with van der Waals surface area (Å²) in [6, 6.07) is 12.8. The molecule has 0 radical (unpaired) electrons. The molecule has 0 saturated heterocycles. The molecular formula is C18H18F3NO3. The van der Waals surface area contributed by atoms with Crippen molar-refractivity contribution in [3.63, 3.8) is 0 Å². The van der Waals surface area contributed by atoms with Crippen LogP contribution < -0.4 is 14.8 Å². The summed E-state index contributed by atoms with van der Waals surface area (Å²) in [5, 5.41) is 2.74. The maximum atomic E-state index is 12.1. The fraction of sp³-hybridized carbons (Fsp3) is 0.278. The van der Waals surface area contributed by atoms with Gasteiger partial charge in [0.1, 0.15) is 11.5 Å². The van der Waals surface area contributed by atoms with E-state index in [0.29, 0.717) is 18.7 Å². The molecule has 0 bridgehead atoms. The minimum Gasteiger partial charge on any atom is -0.494 e. The Hall–Kier alpha value is -2.70. The van der Waals surface area contributed by atoms with Crippen molar-refractivity contribution < 1.29 is 27.4 Å². The Balaban J connectivity index is 1.89. The third kappa shape index (κ3) is 6.37. The average Bonchev–Trinajstić information content (AvgIpc) is 2.58. The maximum Gasteiger partial charge on any atom is 0.422 e. The van der Waals surface area contributed by atoms with Crippen LogP contribution in [0.1, 0.15) is 22.8 Å². The first kappa shape index (κ1) is 18.6. The fourth-order valence-corrected chi connectivity index (χ4v) is 2.06. The second kappa shape index (κ2) is 8.41. The van der Waals surface area contributed by atoms with Gasteiger partial charge in [0.25, 0.3) is 5.91 Å². The van der Waals surface area contributed by atoms with Gasteiger partial charge in [-0.1, -0.05) is 12.1 Å². The van der Waals surface area contributed by atoms with Crippen molar-refractivity contribution in [2.75, 3.05) is 13.2 Å². The van der Waals surface area contributed by atoms with Crippen molar-refractivity contribution in [1.82, 2.24) is 5.32 Å². The summed E-state index contributed by atoms with van der Waals surface area (Å²) in [6.07, 6.45) is -4.40. The Labute approximate surface area is 143 Å². The molecule has 0 atom stereocenters. The second-order valence-corrected chi connectivity index (χ2v) is 5.19. The van der Waals surface area contributed by atoms with E-state index in [0.717, 1.165) is 11.3 Å². The van der Waals surface area contributed by atoms with Gasteiger partial charge < -0.3 is 14.8 Å². The predicted molar refractivity (Wildman–Crippen MR) is 86.8 cm³/mol. The number of nitrogens with one attached hydrogen (secondary N) is 1. The predicted octanol–water partition coefficient (Wildman–Crippen LogP) is 3.96. The zero-order valence-electron chi connectivity index (χ0n) is 13.6. The quantitative estimate of drug-likeness (QED) is 0.820. The second-order valence-electron chi connectivity index (χ2n) is 5.19. The zero-order chi connectivity index (χ0) is 18.3. The summed E-state index contributed by atoms with van der Waals surface area (Å²) >= 11 is 0. The highest BCUT2D eigenvalue weighted by atomic mass is 19.4. The molecule has 0 aliphatic heterocycles. The zero-order valence-corrected chi connectivity index (χ0v) is 13.6. The van der Waals surface area contributed by atoms with Gasteiger partial charge in [0, 0.05) is 12.1 Å². The number of hydrogen-bond donors (Lipinski definition) is 1. The molecule has 0 aromatic heterocycles. The number of carbonyl (C=O) groups excluding carboxylic acids is 1. The highest BCUT2D eigenvalue weighted by molar-refractivity contribution is 5.94. The summed E-state index contributed by atoms with van der Waals surface area (Å²) in [4.78, 5) is 12.1. The van der Waals surface area contributed by atoms with Crippen LogP contribution in [0.3, 0.4) is 0 Å². The van der Waals surface area contributed by atoms with Crippen LogP contribution in [0.5, 0.6) is 11.5 Å². The lowest BCUT2D eigenvalue weighted by Gasteiger charge is -2.10. The Morgan fingerprint density at radius 2 is 1.76 bits per heavy atom. The van der Waals surface area contributed by atoms with Crippen LogP contribution in [0.4, 0.5) is 13.2 Å². The Bertz CT molecular complexity index is 699. The highest BCUT2D eigenvalue weighted by Crippen LogP contribution is 2.19. The van der Waals surface area contributed by atoms with Crippen molar-refractivity contribution in [2.24, 2.45) is 0 Å². The molecule has 1 N–H and O–H groups in total. The average molecular weight is 353 g/mol. The maximum absolute atomic E-state index is 12.1. The molecule has 25 heavy (non-hydrogen) atoms. The fourth-order valence-electron chi connectivity index (χ4n) is 2.06. The van der Waals surface area contributed by atoms with Crippen LogP contribution in [0.15, 0.2) is 48.5 Å². The number of hydrogen-bond acceptors (Lipinski definition) is 3. The highest BCUT2D eigenvalue weighted by Gasteiger charge is 2.28. The van der Waals surface area contributed by atoms with Gasteiger partial charge in [0.15, 0.2) is 6.61 Å². The lowest BCUT2D eigenvalue weighted by molar-refractivity contribution is -0.153. The van der Waals surface area contributed by atoms with Crippen LogP contribution in [0.25, 0.3) is 0 Å². The number of amides is 1. The van der Waals surface area contributed by atoms with Gasteiger partial charge in [-0.15, -0.1) is 0 Å². The van der Waals surface area contributed by atoms with Gasteiger partial charge in [-0.05, 0) is 48.9 Å². The number of benzene rings is 2. The lowest BCUT2D eigenvalue weighted by atomic mass is 10.2. The van der Waals surface area contributed by atoms with Crippen molar-refractivity contribution in [1.29, 1.82) is 0 Å². The molecule has 0 saturated carbocycles. The van der Waals surface area contributed by atoms with Crippen molar-refractivity contribution in [2.45, 2.75) is 19.6 Å². The first-order valence-electron chi connectivity index (χ1n) is 7.67. The minimum absolute atomic E-state index is 0.0540. The number of halogens is 3. The van der Waals surface area contributed by atoms with E-state index in [1.54, 1.807) is 0 Å². The van der Waals surface area contributed by atoms with Crippen molar-refractivity contribution >= 4 is 5.91 Å². The molecule has 0 aliphatic rings. The van der Waals surface area contributed by atoms with Gasteiger partial charge in [-0.3, -0.25) is 4.79 Å². The smallest absolute Gasteiger partial charge is 0.422 e. The van der Waals surface area contributed by atoms with E-state index in [1.807, 2.05) is 31.2 Å². The summed E-state index contributed by atoms with van der Waals surface area (Å²) in [7, 11) is 0. The van der Waals surface area contributed by atoms with Crippen molar-refractivity contribution in [3.8, 4) is 11.5 Å². The van der Waals surface area contributed by atoms with E-state index >= 15 is 0 Å². The molecule has 2 aromatic carbocycles. The largest absolute Gasteiger partial charge is 0.494 e. The normalized spacial score (nSPS) is 11.0. The molecule has 4 nitrogen and oxygen atoms in total. The van der Waals surface area contributed by atoms with Gasteiger partial charge in [0.2, 0.25) is 0 Å². The van der Waals surface area contributed by atoms with E-state index in [-0.39, 0.29) is 11.7 Å². The van der Waals surface area contributed by atoms with Crippen LogP contribution in [0.2, 0.25) is 0 Å². The van der Waals surface area contributed by atoms with E-state index in [1.165, 1.54) is 24.3 Å². The third-order valence-corrected chi connectivity index (χ3v) is 3.18. The molecule has 0 heterocycles. The number of alkyl halides is 3. The van der Waals surface area contributed by atoms with Gasteiger partial charge >= 0.3 is 6.18 Å². The van der Waals surface area contributed by atoms with Crippen molar-refractivity contribution in [3.05, 3.63) is 59.7 Å². The third-order valence-electron chi connectivity index (χ3n) is 3.18. The van der Waals surface area contributed by atoms with E-state index in [2.05, 4.69) is 10.1 Å². The van der Waals surface area contributed by atoms with E-state index < -0.39 is 12.8 Å². The number of ether oxygens (including phenoxy) is 2. The number of carbonyl (C=O) groups is 1. The van der Waals surface area contributed by atoms with Crippen LogP contribution in [-0.2, 0) is 6.54 Å². The molecule has 2 aromatic rings. The molecule has 7 heteroatoms. The summed E-state index contributed by atoms with van der Waals surface area (Å²) < 4.78 is 46.3. The molecule has 0 fully saturated rings. The molecule has 2 rings (SSSR count). The van der Waals surface area contributed by atoms with Crippen LogP contribution >= 0.6 is 0 Å². The summed E-state index contributed by atoms with van der Waals surface area (Å²) in [5.41, 5.74) is 1.21. The number of rotatable bonds is 7. The first-order valence-corrected chi connectivity index (χ1v) is 7.67. The van der Waals surface area contributed by atoms with E-state index in [9.17, 15) is 18.0 Å². The van der Waals surface area contributed by atoms with Gasteiger partial charge in [-0.25, -0.2) is 0 Å². The summed E-state index contributed by atoms with van der Waals surface area (Å²) in [6.45, 7) is 1.38. The lowest BCUT2D eigenvalue weighted by Crippen LogP contribution is -2.23. The van der Waals surface area contributed by atoms with E-state index in [4.69, 9.17) is 4.74 Å². The van der Waals surface area contributed by atoms with Gasteiger partial charge in [0.05, 0.1) is 6.61 Å². The SMILES string of the molecule is CCOc1cccc(CNC(=O)c2ccc(OCC(F)(F)F)cc2)c1. The molecule has 0 unspecified atom stereocenters. The van der Waals surface area contributed by atoms with Crippen LogP contribution in [0, 0.1) is 0 Å². The molecule has 0 spiro atoms. The standard InChI is InChI=1S/C18H18F3NO3/c1-2-24-16-5-3-4-13(10-16)11-22-17(23)14-6-8-15(9-7-14)25-12-18(19,20)21/h3-10H,2,11-12H2,1H3,(H,22,23). The monoisotopic (exact) mass is 353 g/mol. The summed E-state index contributed by atoms with van der Waals surface area (Å²) in [5.74, 6) is 0.447. The molecule has 134 valence electrons. The van der Waals surface area contributed by atoms with Gasteiger partial charge in [-0.2, -0.15) is 13.2 Å². The molecule has 1 amide bonds. The Morgan fingerprint density at radius 3 is 2.40 bits per heavy atom. The Morgan fingerprint density at radius 1 is 1.04 bits per heavy atom. The Kier molecular flexibility index (Phi) is 6.27. The molecule has 0 aliphatic carbocycles. The topological polar surface area (TPSA) is 47.6 Å². The first-order chi connectivity index (χ1) is 11.9.